The van der Waals surface area contributed by atoms with E-state index in [1.807, 2.05) is 0 Å². The summed E-state index contributed by atoms with van der Waals surface area (Å²) in [5.41, 5.74) is 13.0. The van der Waals surface area contributed by atoms with Crippen molar-refractivity contribution in [3.63, 3.8) is 0 Å². The Morgan fingerprint density at radius 3 is 2.19 bits per heavy atom. The number of nitrogen functional groups attached to an aromatic ring is 2. The molecule has 0 unspecified atom stereocenters. The van der Waals surface area contributed by atoms with Crippen LogP contribution in [0.5, 0.6) is 0 Å². The minimum absolute atomic E-state index is 0.0857. The molecule has 5 heteroatoms. The maximum atomic E-state index is 10.7. The van der Waals surface area contributed by atoms with Gasteiger partial charge in [0, 0.05) is 11.4 Å². The van der Waals surface area contributed by atoms with Crippen molar-refractivity contribution in [3.05, 3.63) is 23.3 Å². The van der Waals surface area contributed by atoms with Crippen LogP contribution in [0.1, 0.15) is 28.8 Å². The third-order valence-electron chi connectivity index (χ3n) is 2.39. The van der Waals surface area contributed by atoms with Crippen molar-refractivity contribution < 1.29 is 15.0 Å². The second-order valence-electron chi connectivity index (χ2n) is 3.60. The molecule has 0 fully saturated rings. The summed E-state index contributed by atoms with van der Waals surface area (Å²) in [7, 11) is 0. The van der Waals surface area contributed by atoms with Crippen LogP contribution in [0, 0.1) is 0 Å². The van der Waals surface area contributed by atoms with Crippen LogP contribution in [0.3, 0.4) is 0 Å². The van der Waals surface area contributed by atoms with Gasteiger partial charge in [0.05, 0.1) is 12.2 Å². The van der Waals surface area contributed by atoms with E-state index in [2.05, 4.69) is 0 Å². The standard InChI is InChI=1S/C11H15N2O3/c12-9-5-7(11(15)16)6-10(13)8(9)3-1-2-4-14/h5-6H,1-4,12-13H2,(H,15,16). The lowest BCUT2D eigenvalue weighted by atomic mass is 10.0. The Hall–Kier alpha value is -1.75. The highest BCUT2D eigenvalue weighted by atomic mass is 16.4. The van der Waals surface area contributed by atoms with Crippen LogP contribution in [0.4, 0.5) is 11.4 Å². The number of benzene rings is 1. The molecule has 5 N–H and O–H groups in total. The molecule has 0 aliphatic carbocycles. The molecule has 0 heterocycles. The number of hydrogen-bond donors (Lipinski definition) is 3. The van der Waals surface area contributed by atoms with Gasteiger partial charge in [-0.1, -0.05) is 0 Å². The van der Waals surface area contributed by atoms with Gasteiger partial charge >= 0.3 is 5.97 Å². The molecule has 0 spiro atoms. The highest BCUT2D eigenvalue weighted by Gasteiger charge is 2.10. The number of aromatic carboxylic acids is 1. The summed E-state index contributed by atoms with van der Waals surface area (Å²) in [5, 5.41) is 19.1. The molecule has 0 saturated heterocycles. The molecule has 0 aliphatic rings. The van der Waals surface area contributed by atoms with Crippen molar-refractivity contribution in [2.45, 2.75) is 19.3 Å². The normalized spacial score (nSPS) is 10.3. The van der Waals surface area contributed by atoms with Crippen LogP contribution in [0.25, 0.3) is 0 Å². The lowest BCUT2D eigenvalue weighted by molar-refractivity contribution is 0.0697. The molecular weight excluding hydrogens is 208 g/mol. The quantitative estimate of drug-likeness (QED) is 0.516. The highest BCUT2D eigenvalue weighted by molar-refractivity contribution is 5.90. The number of rotatable bonds is 5. The molecule has 87 valence electrons. The second-order valence-corrected chi connectivity index (χ2v) is 3.60. The van der Waals surface area contributed by atoms with Crippen molar-refractivity contribution in [3.8, 4) is 0 Å². The van der Waals surface area contributed by atoms with E-state index in [4.69, 9.17) is 16.6 Å². The number of hydrogen-bond acceptors (Lipinski definition) is 3. The number of carboxylic acid groups (broad SMARTS) is 1. The highest BCUT2D eigenvalue weighted by Crippen LogP contribution is 2.24. The van der Waals surface area contributed by atoms with Crippen molar-refractivity contribution >= 4 is 17.3 Å². The Morgan fingerprint density at radius 2 is 1.75 bits per heavy atom. The average molecular weight is 223 g/mol. The molecule has 0 atom stereocenters. The van der Waals surface area contributed by atoms with Crippen molar-refractivity contribution in [1.29, 1.82) is 0 Å². The molecule has 0 aromatic heterocycles. The summed E-state index contributed by atoms with van der Waals surface area (Å²) in [6.07, 6.45) is 1.89. The molecule has 0 aliphatic heterocycles. The smallest absolute Gasteiger partial charge is 0.335 e. The first kappa shape index (κ1) is 12.3. The zero-order valence-corrected chi connectivity index (χ0v) is 8.90. The van der Waals surface area contributed by atoms with E-state index < -0.39 is 5.97 Å². The van der Waals surface area contributed by atoms with Gasteiger partial charge in [-0.25, -0.2) is 9.90 Å². The molecule has 0 saturated carbocycles. The van der Waals surface area contributed by atoms with Crippen LogP contribution in [0.2, 0.25) is 0 Å². The zero-order valence-electron chi connectivity index (χ0n) is 8.90. The van der Waals surface area contributed by atoms with E-state index >= 15 is 0 Å². The average Bonchev–Trinajstić information content (AvgIpc) is 2.21. The first-order valence-corrected chi connectivity index (χ1v) is 5.05. The van der Waals surface area contributed by atoms with Gasteiger partial charge in [-0.05, 0) is 37.0 Å². The predicted octanol–water partition coefficient (Wildman–Crippen LogP) is 1.30. The molecule has 16 heavy (non-hydrogen) atoms. The number of unbranched alkanes of at least 4 members (excludes halogenated alkanes) is 1. The summed E-state index contributed by atoms with van der Waals surface area (Å²) in [4.78, 5) is 10.7. The number of carbonyl (C=O) groups is 1. The fourth-order valence-electron chi connectivity index (χ4n) is 1.53. The minimum Gasteiger partial charge on any atom is -0.478 e. The van der Waals surface area contributed by atoms with Gasteiger partial charge in [-0.3, -0.25) is 0 Å². The van der Waals surface area contributed by atoms with Gasteiger partial charge in [0.15, 0.2) is 0 Å². The largest absolute Gasteiger partial charge is 0.478 e. The van der Waals surface area contributed by atoms with Crippen LogP contribution in [-0.4, -0.2) is 17.7 Å². The molecule has 1 aromatic rings. The number of anilines is 2. The van der Waals surface area contributed by atoms with E-state index in [1.165, 1.54) is 12.1 Å². The first-order chi connectivity index (χ1) is 7.56. The molecule has 0 bridgehead atoms. The van der Waals surface area contributed by atoms with Crippen LogP contribution in [0.15, 0.2) is 12.1 Å². The molecule has 1 rings (SSSR count). The minimum atomic E-state index is -1.05. The number of carboxylic acids is 1. The van der Waals surface area contributed by atoms with E-state index in [1.54, 1.807) is 0 Å². The third-order valence-corrected chi connectivity index (χ3v) is 2.39. The Kier molecular flexibility index (Phi) is 4.13. The van der Waals surface area contributed by atoms with E-state index in [-0.39, 0.29) is 12.2 Å². The maximum Gasteiger partial charge on any atom is 0.335 e. The SMILES string of the molecule is Nc1cc(C(=O)O)cc(N)c1CCCC[O]. The summed E-state index contributed by atoms with van der Waals surface area (Å²) in [5.74, 6) is -1.05. The fraction of sp³-hybridized carbons (Fsp3) is 0.364. The third kappa shape index (κ3) is 2.87. The lowest BCUT2D eigenvalue weighted by Gasteiger charge is -2.10. The van der Waals surface area contributed by atoms with Gasteiger partial charge in [0.25, 0.3) is 0 Å². The summed E-state index contributed by atoms with van der Waals surface area (Å²) in [6, 6.07) is 2.79. The van der Waals surface area contributed by atoms with Gasteiger partial charge < -0.3 is 16.6 Å². The molecule has 5 nitrogen and oxygen atoms in total. The zero-order chi connectivity index (χ0) is 12.1. The Labute approximate surface area is 93.7 Å². The summed E-state index contributed by atoms with van der Waals surface area (Å²) < 4.78 is 0. The van der Waals surface area contributed by atoms with Gasteiger partial charge in [0.1, 0.15) is 0 Å². The van der Waals surface area contributed by atoms with Gasteiger partial charge in [0.2, 0.25) is 0 Å². The monoisotopic (exact) mass is 223 g/mol. The van der Waals surface area contributed by atoms with Crippen molar-refractivity contribution in [2.75, 3.05) is 18.1 Å². The molecule has 1 aromatic carbocycles. The van der Waals surface area contributed by atoms with Crippen LogP contribution < -0.4 is 11.5 Å². The van der Waals surface area contributed by atoms with E-state index in [0.29, 0.717) is 30.6 Å². The van der Waals surface area contributed by atoms with Crippen LogP contribution >= 0.6 is 0 Å². The summed E-state index contributed by atoms with van der Waals surface area (Å²) >= 11 is 0. The van der Waals surface area contributed by atoms with Crippen molar-refractivity contribution in [2.24, 2.45) is 0 Å². The van der Waals surface area contributed by atoms with Gasteiger partial charge in [-0.15, -0.1) is 0 Å². The van der Waals surface area contributed by atoms with Gasteiger partial charge in [-0.2, -0.15) is 0 Å². The van der Waals surface area contributed by atoms with Crippen LogP contribution in [-0.2, 0) is 11.5 Å². The Balaban J connectivity index is 2.89. The Bertz CT molecular complexity index is 368. The second kappa shape index (κ2) is 5.37. The fourth-order valence-corrected chi connectivity index (χ4v) is 1.53. The first-order valence-electron chi connectivity index (χ1n) is 5.05. The predicted molar refractivity (Wildman–Crippen MR) is 60.7 cm³/mol. The molecule has 0 amide bonds. The van der Waals surface area contributed by atoms with E-state index in [0.717, 1.165) is 5.56 Å². The Morgan fingerprint density at radius 1 is 1.19 bits per heavy atom. The van der Waals surface area contributed by atoms with Crippen molar-refractivity contribution in [1.82, 2.24) is 0 Å². The maximum absolute atomic E-state index is 10.7. The lowest BCUT2D eigenvalue weighted by Crippen LogP contribution is -2.05. The van der Waals surface area contributed by atoms with E-state index in [9.17, 15) is 9.90 Å². The molecular formula is C11H15N2O3. The topological polar surface area (TPSA) is 109 Å². The number of nitrogens with two attached hydrogens (primary N) is 2. The molecule has 1 radical (unpaired) electrons. The summed E-state index contributed by atoms with van der Waals surface area (Å²) in [6.45, 7) is -0.118.